The van der Waals surface area contributed by atoms with Gasteiger partial charge < -0.3 is 20.3 Å². The van der Waals surface area contributed by atoms with Gasteiger partial charge in [0, 0.05) is 22.8 Å². The van der Waals surface area contributed by atoms with Crippen LogP contribution in [0.3, 0.4) is 0 Å². The van der Waals surface area contributed by atoms with Crippen molar-refractivity contribution in [2.24, 2.45) is 23.7 Å². The van der Waals surface area contributed by atoms with Gasteiger partial charge in [-0.2, -0.15) is 0 Å². The number of hydrogen-bond acceptors (Lipinski definition) is 4. The van der Waals surface area contributed by atoms with Crippen LogP contribution in [0.5, 0.6) is 0 Å². The summed E-state index contributed by atoms with van der Waals surface area (Å²) in [4.78, 5) is 44.3. The van der Waals surface area contributed by atoms with Gasteiger partial charge in [-0.05, 0) is 68.2 Å². The van der Waals surface area contributed by atoms with Gasteiger partial charge in [0.25, 0.3) is 0 Å². The van der Waals surface area contributed by atoms with Gasteiger partial charge in [0.15, 0.2) is 0 Å². The number of nitrogens with zero attached hydrogens (tertiary/aromatic N) is 1. The number of carbonyl (C=O) groups is 3. The first-order chi connectivity index (χ1) is 20.6. The van der Waals surface area contributed by atoms with Gasteiger partial charge >= 0.3 is 0 Å². The molecule has 3 aliphatic heterocycles. The fourth-order valence-electron chi connectivity index (χ4n) is 7.78. The first-order valence-corrected chi connectivity index (χ1v) is 16.1. The zero-order chi connectivity index (χ0) is 30.5. The van der Waals surface area contributed by atoms with Crippen LogP contribution < -0.4 is 10.6 Å². The second-order valence-electron chi connectivity index (χ2n) is 13.2. The molecule has 1 spiro atoms. The summed E-state index contributed by atoms with van der Waals surface area (Å²) in [6, 6.07) is 14.5. The number of ether oxygens (including phenoxy) is 1. The van der Waals surface area contributed by atoms with E-state index in [1.165, 1.54) is 5.56 Å². The number of likely N-dealkylation sites (tertiary alicyclic amines) is 1. The molecular weight excluding hydrogens is 562 g/mol. The fraction of sp³-hybridized carbons (Fsp3) is 0.514. The van der Waals surface area contributed by atoms with Crippen molar-refractivity contribution in [2.75, 3.05) is 5.32 Å². The molecule has 2 bridgehead atoms. The predicted molar refractivity (Wildman–Crippen MR) is 168 cm³/mol. The first kappa shape index (κ1) is 29.9. The highest BCUT2D eigenvalue weighted by molar-refractivity contribution is 6.31. The van der Waals surface area contributed by atoms with Crippen molar-refractivity contribution in [1.29, 1.82) is 0 Å². The summed E-state index contributed by atoms with van der Waals surface area (Å²) in [6.07, 6.45) is 7.75. The molecule has 2 aromatic rings. The maximum atomic E-state index is 14.4. The zero-order valence-corrected chi connectivity index (χ0v) is 26.1. The van der Waals surface area contributed by atoms with E-state index >= 15 is 0 Å². The van der Waals surface area contributed by atoms with Crippen molar-refractivity contribution in [3.63, 3.8) is 0 Å². The number of amides is 3. The number of nitrogens with one attached hydrogen (secondary N) is 2. The molecule has 0 radical (unpaired) electrons. The number of carbonyl (C=O) groups excluding carboxylic acids is 3. The van der Waals surface area contributed by atoms with E-state index in [0.717, 1.165) is 31.2 Å². The van der Waals surface area contributed by atoms with Gasteiger partial charge in [-0.3, -0.25) is 14.4 Å². The molecule has 7 nitrogen and oxygen atoms in total. The van der Waals surface area contributed by atoms with Crippen molar-refractivity contribution in [3.05, 3.63) is 76.8 Å². The maximum absolute atomic E-state index is 14.4. The number of fused-ring (bicyclic) bond motifs is 1. The maximum Gasteiger partial charge on any atom is 0.246 e. The molecule has 2 N–H and O–H groups in total. The second-order valence-corrected chi connectivity index (χ2v) is 13.6. The van der Waals surface area contributed by atoms with Crippen molar-refractivity contribution in [1.82, 2.24) is 10.2 Å². The minimum atomic E-state index is -1.19. The fourth-order valence-corrected chi connectivity index (χ4v) is 7.96. The van der Waals surface area contributed by atoms with Crippen LogP contribution in [0.1, 0.15) is 57.6 Å². The Labute approximate surface area is 259 Å². The Morgan fingerprint density at radius 2 is 1.88 bits per heavy atom. The Hall–Kier alpha value is -3.16. The molecule has 228 valence electrons. The Kier molecular flexibility index (Phi) is 8.16. The van der Waals surface area contributed by atoms with Gasteiger partial charge in [0.2, 0.25) is 17.7 Å². The SMILES string of the molecule is Cc1ccc(NC(=O)C2[C@@H]3C=CC4(O3)C(C(=O)NC3CCCC(C)C3C)N(C(C)CCc3ccccc3)C(=O)[C@H]24)cc1Cl. The summed E-state index contributed by atoms with van der Waals surface area (Å²) in [5.74, 6) is -1.39. The first-order valence-electron chi connectivity index (χ1n) is 15.7. The molecule has 2 saturated heterocycles. The molecule has 7 unspecified atom stereocenters. The van der Waals surface area contributed by atoms with Crippen LogP contribution >= 0.6 is 11.6 Å². The Morgan fingerprint density at radius 3 is 2.63 bits per heavy atom. The molecule has 3 heterocycles. The van der Waals surface area contributed by atoms with Crippen molar-refractivity contribution >= 4 is 35.0 Å². The van der Waals surface area contributed by atoms with E-state index in [2.05, 4.69) is 36.6 Å². The lowest BCUT2D eigenvalue weighted by molar-refractivity contribution is -0.144. The number of hydrogen-bond donors (Lipinski definition) is 2. The minimum Gasteiger partial charge on any atom is -0.359 e. The molecule has 4 aliphatic rings. The molecule has 8 heteroatoms. The molecule has 43 heavy (non-hydrogen) atoms. The Bertz CT molecular complexity index is 1430. The highest BCUT2D eigenvalue weighted by Gasteiger charge is 2.73. The van der Waals surface area contributed by atoms with E-state index < -0.39 is 29.6 Å². The van der Waals surface area contributed by atoms with Gasteiger partial charge in [-0.1, -0.05) is 86.8 Å². The molecule has 6 rings (SSSR count). The van der Waals surface area contributed by atoms with E-state index in [1.807, 2.05) is 50.3 Å². The van der Waals surface area contributed by atoms with E-state index in [9.17, 15) is 14.4 Å². The van der Waals surface area contributed by atoms with Crippen LogP contribution in [0, 0.1) is 30.6 Å². The Balaban J connectivity index is 1.30. The van der Waals surface area contributed by atoms with Crippen LogP contribution in [0.15, 0.2) is 60.7 Å². The molecule has 3 amide bonds. The molecular formula is C35H42ClN3O4. The van der Waals surface area contributed by atoms with Crippen LogP contribution in [-0.4, -0.2) is 52.5 Å². The van der Waals surface area contributed by atoms with Crippen LogP contribution in [0.4, 0.5) is 5.69 Å². The summed E-state index contributed by atoms with van der Waals surface area (Å²) in [5.41, 5.74) is 1.46. The third kappa shape index (κ3) is 5.29. The monoisotopic (exact) mass is 603 g/mol. The van der Waals surface area contributed by atoms with Crippen molar-refractivity contribution in [2.45, 2.75) is 89.6 Å². The second kappa shape index (κ2) is 11.7. The average Bonchev–Trinajstić information content (AvgIpc) is 3.64. The average molecular weight is 604 g/mol. The largest absolute Gasteiger partial charge is 0.359 e. The van der Waals surface area contributed by atoms with E-state index in [0.29, 0.717) is 29.0 Å². The number of aryl methyl sites for hydroxylation is 2. The Morgan fingerprint density at radius 1 is 1.12 bits per heavy atom. The van der Waals surface area contributed by atoms with Crippen LogP contribution in [0.25, 0.3) is 0 Å². The number of halogens is 1. The topological polar surface area (TPSA) is 87.7 Å². The molecule has 1 saturated carbocycles. The standard InChI is InChI=1S/C35H42ClN3O4/c1-20-9-8-12-27(23(20)4)38-33(41)31-35-18-17-28(43-35)29(32(40)37-25-16-13-21(2)26(36)19-25)30(35)34(42)39(31)22(3)14-15-24-10-6-5-7-11-24/h5-7,10-11,13,16-20,22-23,27-31H,8-9,12,14-15H2,1-4H3,(H,37,40)(H,38,41)/t20?,22?,23?,27?,28-,29?,30-,31?,35?/m0/s1. The van der Waals surface area contributed by atoms with E-state index in [4.69, 9.17) is 16.3 Å². The smallest absolute Gasteiger partial charge is 0.246 e. The molecule has 0 aromatic heterocycles. The van der Waals surface area contributed by atoms with Gasteiger partial charge in [-0.25, -0.2) is 0 Å². The highest BCUT2D eigenvalue weighted by atomic mass is 35.5. The summed E-state index contributed by atoms with van der Waals surface area (Å²) in [6.45, 7) is 8.34. The summed E-state index contributed by atoms with van der Waals surface area (Å²) in [5, 5.41) is 6.87. The zero-order valence-electron chi connectivity index (χ0n) is 25.4. The minimum absolute atomic E-state index is 0.0382. The van der Waals surface area contributed by atoms with E-state index in [-0.39, 0.29) is 29.8 Å². The number of anilines is 1. The van der Waals surface area contributed by atoms with Crippen molar-refractivity contribution < 1.29 is 19.1 Å². The van der Waals surface area contributed by atoms with Gasteiger partial charge in [0.05, 0.1) is 17.9 Å². The number of rotatable bonds is 8. The summed E-state index contributed by atoms with van der Waals surface area (Å²) < 4.78 is 6.56. The molecule has 1 aliphatic carbocycles. The lowest BCUT2D eigenvalue weighted by Crippen LogP contribution is -2.59. The predicted octanol–water partition coefficient (Wildman–Crippen LogP) is 5.70. The molecule has 2 aromatic carbocycles. The quantitative estimate of drug-likeness (QED) is 0.379. The summed E-state index contributed by atoms with van der Waals surface area (Å²) >= 11 is 6.32. The normalized spacial score (nSPS) is 33.4. The van der Waals surface area contributed by atoms with Gasteiger partial charge in [0.1, 0.15) is 11.6 Å². The lowest BCUT2D eigenvalue weighted by atomic mass is 9.73. The van der Waals surface area contributed by atoms with Gasteiger partial charge in [-0.15, -0.1) is 0 Å². The third-order valence-electron chi connectivity index (χ3n) is 10.5. The summed E-state index contributed by atoms with van der Waals surface area (Å²) in [7, 11) is 0. The van der Waals surface area contributed by atoms with E-state index in [1.54, 1.807) is 17.0 Å². The van der Waals surface area contributed by atoms with Crippen LogP contribution in [0.2, 0.25) is 5.02 Å². The molecule has 9 atom stereocenters. The number of benzene rings is 2. The molecule has 3 fully saturated rings. The third-order valence-corrected chi connectivity index (χ3v) is 10.9. The lowest BCUT2D eigenvalue weighted by Gasteiger charge is -2.39. The highest BCUT2D eigenvalue weighted by Crippen LogP contribution is 2.56. The van der Waals surface area contributed by atoms with Crippen molar-refractivity contribution in [3.8, 4) is 0 Å². The van der Waals surface area contributed by atoms with Crippen LogP contribution in [-0.2, 0) is 25.5 Å².